The summed E-state index contributed by atoms with van der Waals surface area (Å²) in [5.41, 5.74) is 0.823. The number of benzene rings is 2. The van der Waals surface area contributed by atoms with Gasteiger partial charge >= 0.3 is 0 Å². The van der Waals surface area contributed by atoms with Gasteiger partial charge in [0.1, 0.15) is 22.8 Å². The Labute approximate surface area is 238 Å². The highest BCUT2D eigenvalue weighted by Gasteiger charge is 2.43. The zero-order chi connectivity index (χ0) is 27.8. The molecule has 2 aliphatic heterocycles. The molecule has 2 N–H and O–H groups in total. The minimum absolute atomic E-state index is 0.0236. The number of rotatable bonds is 9. The highest BCUT2D eigenvalue weighted by atomic mass is 79.9. The molecule has 2 heterocycles. The van der Waals surface area contributed by atoms with Crippen LogP contribution in [-0.2, 0) is 9.59 Å². The van der Waals surface area contributed by atoms with Crippen molar-refractivity contribution in [1.29, 1.82) is 0 Å². The van der Waals surface area contributed by atoms with Crippen molar-refractivity contribution >= 4 is 39.5 Å². The fourth-order valence-electron chi connectivity index (χ4n) is 5.12. The molecule has 2 aromatic rings. The number of anilines is 1. The van der Waals surface area contributed by atoms with Gasteiger partial charge in [-0.1, -0.05) is 15.9 Å². The number of carbonyl (C=O) groups excluding carboxylic acids is 2. The number of carbonyl (C=O) groups is 2. The molecule has 2 fully saturated rings. The monoisotopic (exact) mass is 600 g/mol. The van der Waals surface area contributed by atoms with Crippen LogP contribution in [0.3, 0.4) is 0 Å². The first-order valence-corrected chi connectivity index (χ1v) is 14.1. The zero-order valence-electron chi connectivity index (χ0n) is 22.8. The number of piperidine rings is 1. The summed E-state index contributed by atoms with van der Waals surface area (Å²) in [5.74, 6) is 1.85. The summed E-state index contributed by atoms with van der Waals surface area (Å²) in [6.07, 6.45) is 4.29. The van der Waals surface area contributed by atoms with Crippen LogP contribution in [0.15, 0.2) is 46.9 Å². The molecule has 0 unspecified atom stereocenters. The molecule has 0 aromatic heterocycles. The van der Waals surface area contributed by atoms with E-state index in [1.54, 1.807) is 20.3 Å². The number of piperazine rings is 1. The lowest BCUT2D eigenvalue weighted by molar-refractivity contribution is -0.142. The third kappa shape index (κ3) is 6.86. The molecular weight excluding hydrogens is 564 g/mol. The van der Waals surface area contributed by atoms with Crippen LogP contribution in [0.4, 0.5) is 5.69 Å². The van der Waals surface area contributed by atoms with Gasteiger partial charge in [0.15, 0.2) is 0 Å². The maximum Gasteiger partial charge on any atom is 0.248 e. The first-order chi connectivity index (χ1) is 18.9. The second-order valence-corrected chi connectivity index (χ2v) is 10.5. The average Bonchev–Trinajstić information content (AvgIpc) is 2.97. The second-order valence-electron chi connectivity index (χ2n) is 9.59. The number of hydrogen-bond donors (Lipinski definition) is 2. The number of hydrogen-bond acceptors (Lipinski definition) is 7. The number of halogens is 1. The van der Waals surface area contributed by atoms with E-state index < -0.39 is 5.54 Å². The Balaban J connectivity index is 1.44. The van der Waals surface area contributed by atoms with E-state index in [9.17, 15) is 9.59 Å². The van der Waals surface area contributed by atoms with Gasteiger partial charge in [0.05, 0.1) is 26.5 Å². The smallest absolute Gasteiger partial charge is 0.248 e. The van der Waals surface area contributed by atoms with Crippen LogP contribution in [-0.4, -0.2) is 82.3 Å². The van der Waals surface area contributed by atoms with Gasteiger partial charge in [-0.2, -0.15) is 0 Å². The van der Waals surface area contributed by atoms with Crippen LogP contribution >= 0.6 is 15.9 Å². The van der Waals surface area contributed by atoms with E-state index >= 15 is 0 Å². The number of methoxy groups -OCH3 is 2. The van der Waals surface area contributed by atoms with Gasteiger partial charge in [-0.05, 0) is 69.3 Å². The number of amides is 2. The highest BCUT2D eigenvalue weighted by Crippen LogP contribution is 2.33. The summed E-state index contributed by atoms with van der Waals surface area (Å²) in [7, 11) is 3.27. The first-order valence-electron chi connectivity index (χ1n) is 13.3. The Bertz CT molecular complexity index is 1190. The van der Waals surface area contributed by atoms with Gasteiger partial charge < -0.3 is 34.6 Å². The van der Waals surface area contributed by atoms with Crippen molar-refractivity contribution in [3.05, 3.63) is 52.5 Å². The van der Waals surface area contributed by atoms with Crippen molar-refractivity contribution in [2.24, 2.45) is 0 Å². The van der Waals surface area contributed by atoms with Crippen molar-refractivity contribution in [3.63, 3.8) is 0 Å². The Kier molecular flexibility index (Phi) is 9.74. The first kappa shape index (κ1) is 28.8. The van der Waals surface area contributed by atoms with E-state index in [4.69, 9.17) is 14.2 Å². The standard InChI is InChI=1S/C29H37BrN4O5/c1-4-39-25-9-6-22(30)19-21(25)5-10-27(35)32-29(11-13-31-14-12-29)28(36)34-17-15-33(16-18-34)24-8-7-23(37-2)20-26(24)38-3/h5-10,19-20,31H,4,11-18H2,1-3H3,(H,32,35)/b10-5+. The lowest BCUT2D eigenvalue weighted by Crippen LogP contribution is -2.65. The normalized spacial score (nSPS) is 17.1. The van der Waals surface area contributed by atoms with Gasteiger partial charge in [0, 0.05) is 48.4 Å². The molecule has 0 aliphatic carbocycles. The summed E-state index contributed by atoms with van der Waals surface area (Å²) in [6, 6.07) is 11.4. The fourth-order valence-corrected chi connectivity index (χ4v) is 5.50. The van der Waals surface area contributed by atoms with Gasteiger partial charge in [0.25, 0.3) is 0 Å². The Hall–Kier alpha value is -3.24. The van der Waals surface area contributed by atoms with E-state index in [2.05, 4.69) is 31.5 Å². The average molecular weight is 602 g/mol. The molecule has 2 saturated heterocycles. The molecule has 4 rings (SSSR count). The van der Waals surface area contributed by atoms with Crippen LogP contribution in [0.2, 0.25) is 0 Å². The Morgan fingerprint density at radius 2 is 1.77 bits per heavy atom. The molecular formula is C29H37BrN4O5. The maximum atomic E-state index is 13.9. The molecule has 39 heavy (non-hydrogen) atoms. The van der Waals surface area contributed by atoms with Gasteiger partial charge in [-0.25, -0.2) is 0 Å². The third-order valence-corrected chi connectivity index (χ3v) is 7.70. The Morgan fingerprint density at radius 3 is 2.44 bits per heavy atom. The lowest BCUT2D eigenvalue weighted by atomic mass is 9.86. The van der Waals surface area contributed by atoms with Crippen LogP contribution in [0.5, 0.6) is 17.2 Å². The molecule has 2 aliphatic rings. The lowest BCUT2D eigenvalue weighted by Gasteiger charge is -2.43. The minimum atomic E-state index is -0.938. The van der Waals surface area contributed by atoms with Crippen molar-refractivity contribution in [2.75, 3.05) is 65.0 Å². The van der Waals surface area contributed by atoms with E-state index in [-0.39, 0.29) is 11.8 Å². The molecule has 10 heteroatoms. The predicted octanol–water partition coefficient (Wildman–Crippen LogP) is 3.47. The molecule has 0 saturated carbocycles. The predicted molar refractivity (Wildman–Crippen MR) is 156 cm³/mol. The van der Waals surface area contributed by atoms with E-state index in [1.807, 2.05) is 48.2 Å². The van der Waals surface area contributed by atoms with Crippen molar-refractivity contribution in [1.82, 2.24) is 15.5 Å². The van der Waals surface area contributed by atoms with Crippen LogP contribution < -0.4 is 29.7 Å². The molecule has 0 bridgehead atoms. The number of nitrogens with zero attached hydrogens (tertiary/aromatic N) is 2. The zero-order valence-corrected chi connectivity index (χ0v) is 24.4. The number of nitrogens with one attached hydrogen (secondary N) is 2. The summed E-state index contributed by atoms with van der Waals surface area (Å²) >= 11 is 3.48. The van der Waals surface area contributed by atoms with Gasteiger partial charge in [-0.15, -0.1) is 0 Å². The molecule has 0 atom stereocenters. The summed E-state index contributed by atoms with van der Waals surface area (Å²) < 4.78 is 17.5. The van der Waals surface area contributed by atoms with E-state index in [1.165, 1.54) is 6.08 Å². The molecule has 210 valence electrons. The fraction of sp³-hybridized carbons (Fsp3) is 0.448. The van der Waals surface area contributed by atoms with Crippen molar-refractivity contribution < 1.29 is 23.8 Å². The van der Waals surface area contributed by atoms with E-state index in [0.29, 0.717) is 64.5 Å². The molecule has 0 radical (unpaired) electrons. The van der Waals surface area contributed by atoms with Gasteiger partial charge in [-0.3, -0.25) is 9.59 Å². The minimum Gasteiger partial charge on any atom is -0.497 e. The molecule has 2 amide bonds. The molecule has 2 aromatic carbocycles. The molecule has 9 nitrogen and oxygen atoms in total. The summed E-state index contributed by atoms with van der Waals surface area (Å²) in [5, 5.41) is 6.40. The largest absolute Gasteiger partial charge is 0.497 e. The summed E-state index contributed by atoms with van der Waals surface area (Å²) in [4.78, 5) is 31.1. The molecule has 0 spiro atoms. The highest BCUT2D eigenvalue weighted by molar-refractivity contribution is 9.10. The van der Waals surface area contributed by atoms with Gasteiger partial charge in [0.2, 0.25) is 11.8 Å². The van der Waals surface area contributed by atoms with Crippen molar-refractivity contribution in [3.8, 4) is 17.2 Å². The van der Waals surface area contributed by atoms with E-state index in [0.717, 1.165) is 27.2 Å². The third-order valence-electron chi connectivity index (χ3n) is 7.21. The van der Waals surface area contributed by atoms with Crippen LogP contribution in [0.1, 0.15) is 25.3 Å². The summed E-state index contributed by atoms with van der Waals surface area (Å²) in [6.45, 7) is 6.23. The quantitative estimate of drug-likeness (QED) is 0.426. The SMILES string of the molecule is CCOc1ccc(Br)cc1/C=C/C(=O)NC1(C(=O)N2CCN(c3ccc(OC)cc3OC)CC2)CCNCC1. The Morgan fingerprint density at radius 1 is 1.03 bits per heavy atom. The number of ether oxygens (including phenoxy) is 3. The topological polar surface area (TPSA) is 92.4 Å². The second kappa shape index (κ2) is 13.2. The van der Waals surface area contributed by atoms with Crippen molar-refractivity contribution in [2.45, 2.75) is 25.3 Å². The maximum absolute atomic E-state index is 13.9. The van der Waals surface area contributed by atoms with Crippen LogP contribution in [0.25, 0.3) is 6.08 Å². The van der Waals surface area contributed by atoms with Crippen LogP contribution in [0, 0.1) is 0 Å².